The van der Waals surface area contributed by atoms with E-state index in [1.807, 2.05) is 47.5 Å². The number of carbonyl (C=O) groups is 2. The van der Waals surface area contributed by atoms with Crippen LogP contribution < -0.4 is 0 Å². The first-order chi connectivity index (χ1) is 13.6. The number of rotatable bonds is 5. The average molecular weight is 377 g/mol. The van der Waals surface area contributed by atoms with Crippen molar-refractivity contribution in [2.75, 3.05) is 26.2 Å². The number of hydrogen-bond acceptors (Lipinski definition) is 3. The SMILES string of the molecule is O=C(O)c1ccc(CN2CCN(C(=O)Cc3c[nH]c4ccccc34)CC2)cc1. The third kappa shape index (κ3) is 3.92. The number of nitrogens with one attached hydrogen (secondary N) is 1. The van der Waals surface area contributed by atoms with E-state index in [4.69, 9.17) is 5.11 Å². The van der Waals surface area contributed by atoms with Crippen LogP contribution in [0.3, 0.4) is 0 Å². The lowest BCUT2D eigenvalue weighted by Crippen LogP contribution is -2.48. The number of aromatic carboxylic acids is 1. The second kappa shape index (κ2) is 7.86. The van der Waals surface area contributed by atoms with Gasteiger partial charge in [-0.1, -0.05) is 30.3 Å². The van der Waals surface area contributed by atoms with Crippen molar-refractivity contribution in [3.05, 3.63) is 71.4 Å². The third-order valence-corrected chi connectivity index (χ3v) is 5.35. The number of fused-ring (bicyclic) bond motifs is 1. The summed E-state index contributed by atoms with van der Waals surface area (Å²) >= 11 is 0. The molecule has 28 heavy (non-hydrogen) atoms. The Balaban J connectivity index is 1.31. The van der Waals surface area contributed by atoms with E-state index < -0.39 is 5.97 Å². The molecule has 1 aliphatic rings. The van der Waals surface area contributed by atoms with Crippen molar-refractivity contribution >= 4 is 22.8 Å². The molecule has 144 valence electrons. The molecular formula is C22H23N3O3. The number of H-pyrrole nitrogens is 1. The van der Waals surface area contributed by atoms with E-state index in [9.17, 15) is 9.59 Å². The van der Waals surface area contributed by atoms with Gasteiger partial charge in [0, 0.05) is 49.8 Å². The number of para-hydroxylation sites is 1. The van der Waals surface area contributed by atoms with Crippen molar-refractivity contribution < 1.29 is 14.7 Å². The van der Waals surface area contributed by atoms with E-state index in [1.54, 1.807) is 12.1 Å². The Hall–Kier alpha value is -3.12. The average Bonchev–Trinajstić information content (AvgIpc) is 3.12. The van der Waals surface area contributed by atoms with Crippen LogP contribution in [0.1, 0.15) is 21.5 Å². The Kier molecular flexibility index (Phi) is 5.12. The molecule has 0 spiro atoms. The highest BCUT2D eigenvalue weighted by atomic mass is 16.4. The first-order valence-corrected chi connectivity index (χ1v) is 9.47. The molecule has 1 amide bonds. The number of nitrogens with zero attached hydrogens (tertiary/aromatic N) is 2. The smallest absolute Gasteiger partial charge is 0.335 e. The minimum atomic E-state index is -0.908. The summed E-state index contributed by atoms with van der Waals surface area (Å²) in [6.07, 6.45) is 2.35. The predicted molar refractivity (Wildman–Crippen MR) is 107 cm³/mol. The Labute approximate surface area is 163 Å². The molecule has 6 nitrogen and oxygen atoms in total. The number of aromatic nitrogens is 1. The number of carboxylic acids is 1. The summed E-state index contributed by atoms with van der Waals surface area (Å²) in [5.41, 5.74) is 3.49. The van der Waals surface area contributed by atoms with Crippen LogP contribution >= 0.6 is 0 Å². The molecule has 1 fully saturated rings. The van der Waals surface area contributed by atoms with Crippen LogP contribution in [0, 0.1) is 0 Å². The highest BCUT2D eigenvalue weighted by Crippen LogP contribution is 2.19. The summed E-state index contributed by atoms with van der Waals surface area (Å²) in [4.78, 5) is 31.1. The number of piperazine rings is 1. The summed E-state index contributed by atoms with van der Waals surface area (Å²) in [5.74, 6) is -0.746. The quantitative estimate of drug-likeness (QED) is 0.717. The van der Waals surface area contributed by atoms with Crippen molar-refractivity contribution in [2.45, 2.75) is 13.0 Å². The third-order valence-electron chi connectivity index (χ3n) is 5.35. The van der Waals surface area contributed by atoms with E-state index in [1.165, 1.54) is 0 Å². The van der Waals surface area contributed by atoms with E-state index in [2.05, 4.69) is 9.88 Å². The van der Waals surface area contributed by atoms with E-state index in [0.717, 1.165) is 41.7 Å². The molecule has 4 rings (SSSR count). The zero-order valence-corrected chi connectivity index (χ0v) is 15.6. The molecule has 6 heteroatoms. The van der Waals surface area contributed by atoms with Crippen LogP contribution in [0.25, 0.3) is 10.9 Å². The molecule has 0 atom stereocenters. The molecule has 1 aliphatic heterocycles. The summed E-state index contributed by atoms with van der Waals surface area (Å²) < 4.78 is 0. The zero-order valence-electron chi connectivity index (χ0n) is 15.6. The largest absolute Gasteiger partial charge is 0.478 e. The second-order valence-corrected chi connectivity index (χ2v) is 7.20. The molecule has 0 aliphatic carbocycles. The van der Waals surface area contributed by atoms with E-state index in [-0.39, 0.29) is 5.91 Å². The highest BCUT2D eigenvalue weighted by molar-refractivity contribution is 5.89. The van der Waals surface area contributed by atoms with Crippen LogP contribution in [0.5, 0.6) is 0 Å². The summed E-state index contributed by atoms with van der Waals surface area (Å²) in [7, 11) is 0. The number of carboxylic acid groups (broad SMARTS) is 1. The van der Waals surface area contributed by atoms with Gasteiger partial charge in [-0.2, -0.15) is 0 Å². The summed E-state index contributed by atoms with van der Waals surface area (Å²) in [5, 5.41) is 10.1. The molecule has 1 saturated heterocycles. The fourth-order valence-electron chi connectivity index (χ4n) is 3.72. The van der Waals surface area contributed by atoms with Gasteiger partial charge in [0.15, 0.2) is 0 Å². The molecule has 1 aromatic heterocycles. The lowest BCUT2D eigenvalue weighted by molar-refractivity contribution is -0.132. The van der Waals surface area contributed by atoms with Crippen LogP contribution in [-0.4, -0.2) is 57.9 Å². The van der Waals surface area contributed by atoms with Gasteiger partial charge in [0.25, 0.3) is 0 Å². The Morgan fingerprint density at radius 2 is 1.68 bits per heavy atom. The van der Waals surface area contributed by atoms with Gasteiger partial charge in [-0.15, -0.1) is 0 Å². The van der Waals surface area contributed by atoms with Gasteiger partial charge in [-0.05, 0) is 29.3 Å². The maximum absolute atomic E-state index is 12.7. The lowest BCUT2D eigenvalue weighted by atomic mass is 10.1. The highest BCUT2D eigenvalue weighted by Gasteiger charge is 2.22. The van der Waals surface area contributed by atoms with E-state index in [0.29, 0.717) is 25.1 Å². The van der Waals surface area contributed by atoms with Gasteiger partial charge in [0.1, 0.15) is 0 Å². The fourth-order valence-corrected chi connectivity index (χ4v) is 3.72. The fraction of sp³-hybridized carbons (Fsp3) is 0.273. The number of hydrogen-bond donors (Lipinski definition) is 2. The molecule has 0 saturated carbocycles. The molecule has 0 unspecified atom stereocenters. The monoisotopic (exact) mass is 377 g/mol. The van der Waals surface area contributed by atoms with Gasteiger partial charge < -0.3 is 15.0 Å². The van der Waals surface area contributed by atoms with Crippen LogP contribution in [0.4, 0.5) is 0 Å². The molecule has 0 radical (unpaired) electrons. The second-order valence-electron chi connectivity index (χ2n) is 7.20. The Morgan fingerprint density at radius 3 is 2.39 bits per heavy atom. The molecule has 0 bridgehead atoms. The molecule has 2 heterocycles. The first kappa shape index (κ1) is 18.3. The van der Waals surface area contributed by atoms with Gasteiger partial charge in [0.2, 0.25) is 5.91 Å². The number of carbonyl (C=O) groups excluding carboxylic acids is 1. The molecule has 2 aromatic carbocycles. The molecular weight excluding hydrogens is 354 g/mol. The predicted octanol–water partition coefficient (Wildman–Crippen LogP) is 2.75. The van der Waals surface area contributed by atoms with Crippen molar-refractivity contribution in [3.63, 3.8) is 0 Å². The molecule has 2 N–H and O–H groups in total. The van der Waals surface area contributed by atoms with E-state index >= 15 is 0 Å². The number of benzene rings is 2. The first-order valence-electron chi connectivity index (χ1n) is 9.47. The number of aromatic amines is 1. The minimum Gasteiger partial charge on any atom is -0.478 e. The van der Waals surface area contributed by atoms with Gasteiger partial charge >= 0.3 is 5.97 Å². The minimum absolute atomic E-state index is 0.162. The maximum atomic E-state index is 12.7. The summed E-state index contributed by atoms with van der Waals surface area (Å²) in [6.45, 7) is 3.84. The lowest BCUT2D eigenvalue weighted by Gasteiger charge is -2.34. The number of amides is 1. The maximum Gasteiger partial charge on any atom is 0.335 e. The Morgan fingerprint density at radius 1 is 0.964 bits per heavy atom. The molecule has 3 aromatic rings. The van der Waals surface area contributed by atoms with Gasteiger partial charge in [-0.25, -0.2) is 4.79 Å². The standard InChI is InChI=1S/C22H23N3O3/c26-21(13-18-14-23-20-4-2-1-3-19(18)20)25-11-9-24(10-12-25)15-16-5-7-17(8-6-16)22(27)28/h1-8,14,23H,9-13,15H2,(H,27,28). The van der Waals surface area contributed by atoms with Crippen LogP contribution in [0.15, 0.2) is 54.7 Å². The van der Waals surface area contributed by atoms with Crippen LogP contribution in [0.2, 0.25) is 0 Å². The topological polar surface area (TPSA) is 76.6 Å². The van der Waals surface area contributed by atoms with Crippen molar-refractivity contribution in [1.29, 1.82) is 0 Å². The van der Waals surface area contributed by atoms with Crippen molar-refractivity contribution in [1.82, 2.24) is 14.8 Å². The van der Waals surface area contributed by atoms with Gasteiger partial charge in [0.05, 0.1) is 12.0 Å². The van der Waals surface area contributed by atoms with Crippen molar-refractivity contribution in [3.8, 4) is 0 Å². The normalized spacial score (nSPS) is 15.1. The summed E-state index contributed by atoms with van der Waals surface area (Å²) in [6, 6.07) is 15.0. The van der Waals surface area contributed by atoms with Crippen LogP contribution in [-0.2, 0) is 17.8 Å². The van der Waals surface area contributed by atoms with Crippen molar-refractivity contribution in [2.24, 2.45) is 0 Å². The Bertz CT molecular complexity index is 986. The zero-order chi connectivity index (χ0) is 19.5. The van der Waals surface area contributed by atoms with Gasteiger partial charge in [-0.3, -0.25) is 9.69 Å².